The van der Waals surface area contributed by atoms with Crippen LogP contribution < -0.4 is 10.2 Å². The van der Waals surface area contributed by atoms with Crippen LogP contribution in [-0.4, -0.2) is 43.8 Å². The Labute approximate surface area is 109 Å². The van der Waals surface area contributed by atoms with Crippen molar-refractivity contribution in [1.29, 1.82) is 0 Å². The van der Waals surface area contributed by atoms with Crippen molar-refractivity contribution < 1.29 is 17.9 Å². The number of nitrogens with zero attached hydrogens (tertiary/aromatic N) is 3. The Bertz CT molecular complexity index is 411. The zero-order valence-electron chi connectivity index (χ0n) is 11.1. The van der Waals surface area contributed by atoms with Gasteiger partial charge in [0.1, 0.15) is 5.82 Å². The minimum atomic E-state index is -4.50. The number of aromatic nitrogens is 2. The molecule has 5 nitrogen and oxygen atoms in total. The highest BCUT2D eigenvalue weighted by atomic mass is 19.4. The van der Waals surface area contributed by atoms with Crippen molar-refractivity contribution in [3.8, 4) is 0 Å². The predicted molar refractivity (Wildman–Crippen MR) is 66.3 cm³/mol. The molecule has 0 amide bonds. The Morgan fingerprint density at radius 2 is 2.05 bits per heavy atom. The molecule has 0 saturated heterocycles. The monoisotopic (exact) mass is 278 g/mol. The van der Waals surface area contributed by atoms with Crippen LogP contribution in [0.15, 0.2) is 6.07 Å². The van der Waals surface area contributed by atoms with Crippen LogP contribution in [0.5, 0.6) is 0 Å². The number of hydrogen-bond donors (Lipinski definition) is 1. The Balaban J connectivity index is 3.11. The summed E-state index contributed by atoms with van der Waals surface area (Å²) in [5.74, 6) is 0.173. The van der Waals surface area contributed by atoms with E-state index in [-0.39, 0.29) is 11.8 Å². The third-order valence-corrected chi connectivity index (χ3v) is 2.50. The zero-order chi connectivity index (χ0) is 14.5. The molecule has 1 aromatic heterocycles. The number of halogens is 3. The lowest BCUT2D eigenvalue weighted by molar-refractivity contribution is -0.141. The van der Waals surface area contributed by atoms with Gasteiger partial charge in [-0.1, -0.05) is 0 Å². The summed E-state index contributed by atoms with van der Waals surface area (Å²) in [6, 6.07) is 0.944. The van der Waals surface area contributed by atoms with Crippen LogP contribution in [0.4, 0.5) is 24.9 Å². The van der Waals surface area contributed by atoms with Gasteiger partial charge in [-0.15, -0.1) is 0 Å². The maximum Gasteiger partial charge on any atom is 0.433 e. The number of rotatable bonds is 6. The fraction of sp³-hybridized carbons (Fsp3) is 0.636. The summed E-state index contributed by atoms with van der Waals surface area (Å²) in [5, 5.41) is 2.53. The molecule has 0 bridgehead atoms. The van der Waals surface area contributed by atoms with Gasteiger partial charge < -0.3 is 15.0 Å². The van der Waals surface area contributed by atoms with Gasteiger partial charge in [-0.05, 0) is 6.92 Å². The molecule has 0 unspecified atom stereocenters. The van der Waals surface area contributed by atoms with Crippen LogP contribution >= 0.6 is 0 Å². The molecule has 108 valence electrons. The maximum absolute atomic E-state index is 12.7. The molecule has 1 N–H and O–H groups in total. The Morgan fingerprint density at radius 1 is 1.37 bits per heavy atom. The largest absolute Gasteiger partial charge is 0.433 e. The van der Waals surface area contributed by atoms with Crippen LogP contribution in [0, 0.1) is 0 Å². The van der Waals surface area contributed by atoms with E-state index in [1.165, 1.54) is 14.2 Å². The minimum absolute atomic E-state index is 0.0549. The molecular weight excluding hydrogens is 261 g/mol. The predicted octanol–water partition coefficient (Wildman–Crippen LogP) is 2.01. The molecule has 1 aromatic rings. The van der Waals surface area contributed by atoms with Crippen molar-refractivity contribution in [3.05, 3.63) is 11.8 Å². The topological polar surface area (TPSA) is 50.3 Å². The molecule has 0 atom stereocenters. The van der Waals surface area contributed by atoms with E-state index in [4.69, 9.17) is 4.74 Å². The first-order chi connectivity index (χ1) is 8.92. The molecule has 8 heteroatoms. The highest BCUT2D eigenvalue weighted by Gasteiger charge is 2.34. The highest BCUT2D eigenvalue weighted by molar-refractivity contribution is 5.45. The summed E-state index contributed by atoms with van der Waals surface area (Å²) in [5.41, 5.74) is -0.960. The van der Waals surface area contributed by atoms with Crippen molar-refractivity contribution in [2.75, 3.05) is 44.1 Å². The number of anilines is 2. The Kier molecular flexibility index (Phi) is 5.34. The Hall–Kier alpha value is -1.57. The number of likely N-dealkylation sites (N-methyl/N-ethyl adjacent to an activating group) is 1. The van der Waals surface area contributed by atoms with Gasteiger partial charge in [0.05, 0.1) is 6.61 Å². The maximum atomic E-state index is 12.7. The van der Waals surface area contributed by atoms with E-state index in [1.54, 1.807) is 4.90 Å². The second-order valence-corrected chi connectivity index (χ2v) is 3.76. The average Bonchev–Trinajstić information content (AvgIpc) is 2.38. The molecule has 0 aliphatic heterocycles. The quantitative estimate of drug-likeness (QED) is 0.862. The summed E-state index contributed by atoms with van der Waals surface area (Å²) in [6.45, 7) is 3.24. The van der Waals surface area contributed by atoms with Gasteiger partial charge in [0.25, 0.3) is 0 Å². The molecule has 0 aliphatic carbocycles. The van der Waals surface area contributed by atoms with E-state index in [1.807, 2.05) is 6.92 Å². The van der Waals surface area contributed by atoms with E-state index in [9.17, 15) is 13.2 Å². The van der Waals surface area contributed by atoms with Crippen molar-refractivity contribution >= 4 is 11.8 Å². The van der Waals surface area contributed by atoms with Crippen LogP contribution in [0.3, 0.4) is 0 Å². The molecule has 0 aliphatic rings. The van der Waals surface area contributed by atoms with Gasteiger partial charge in [0.15, 0.2) is 5.69 Å². The number of nitrogens with one attached hydrogen (secondary N) is 1. The van der Waals surface area contributed by atoms with Gasteiger partial charge >= 0.3 is 6.18 Å². The molecule has 1 heterocycles. The van der Waals surface area contributed by atoms with Crippen molar-refractivity contribution in [2.24, 2.45) is 0 Å². The zero-order valence-corrected chi connectivity index (χ0v) is 11.1. The van der Waals surface area contributed by atoms with E-state index in [0.29, 0.717) is 19.7 Å². The molecule has 0 aromatic carbocycles. The van der Waals surface area contributed by atoms with Crippen LogP contribution in [0.25, 0.3) is 0 Å². The molecule has 0 fully saturated rings. The van der Waals surface area contributed by atoms with Gasteiger partial charge in [-0.2, -0.15) is 18.2 Å². The third kappa shape index (κ3) is 4.23. The van der Waals surface area contributed by atoms with Crippen LogP contribution in [0.1, 0.15) is 12.6 Å². The third-order valence-electron chi connectivity index (χ3n) is 2.50. The standard InChI is InChI=1S/C11H17F3N4O/c1-4-18(5-6-19-3)9-7-8(11(12,13)14)16-10(15-2)17-9/h7H,4-6H2,1-3H3,(H,15,16,17). The van der Waals surface area contributed by atoms with Crippen LogP contribution in [-0.2, 0) is 10.9 Å². The second-order valence-electron chi connectivity index (χ2n) is 3.76. The Morgan fingerprint density at radius 3 is 2.53 bits per heavy atom. The SMILES string of the molecule is CCN(CCOC)c1cc(C(F)(F)F)nc(NC)n1. The first-order valence-electron chi connectivity index (χ1n) is 5.80. The van der Waals surface area contributed by atoms with E-state index >= 15 is 0 Å². The summed E-state index contributed by atoms with van der Waals surface area (Å²) < 4.78 is 43.2. The lowest BCUT2D eigenvalue weighted by atomic mass is 10.3. The molecule has 19 heavy (non-hydrogen) atoms. The molecular formula is C11H17F3N4O. The van der Waals surface area contributed by atoms with Gasteiger partial charge in [-0.3, -0.25) is 0 Å². The highest BCUT2D eigenvalue weighted by Crippen LogP contribution is 2.30. The number of hydrogen-bond acceptors (Lipinski definition) is 5. The van der Waals surface area contributed by atoms with E-state index < -0.39 is 11.9 Å². The van der Waals surface area contributed by atoms with Gasteiger partial charge in [0, 0.05) is 33.3 Å². The number of alkyl halides is 3. The van der Waals surface area contributed by atoms with E-state index in [2.05, 4.69) is 15.3 Å². The first-order valence-corrected chi connectivity index (χ1v) is 5.80. The lowest BCUT2D eigenvalue weighted by Crippen LogP contribution is -2.28. The van der Waals surface area contributed by atoms with Gasteiger partial charge in [0.2, 0.25) is 5.95 Å². The van der Waals surface area contributed by atoms with Crippen LogP contribution in [0.2, 0.25) is 0 Å². The normalized spacial score (nSPS) is 11.5. The number of ether oxygens (including phenoxy) is 1. The summed E-state index contributed by atoms with van der Waals surface area (Å²) >= 11 is 0. The molecule has 0 saturated carbocycles. The summed E-state index contributed by atoms with van der Waals surface area (Å²) in [6.07, 6.45) is -4.50. The lowest BCUT2D eigenvalue weighted by Gasteiger charge is -2.22. The smallest absolute Gasteiger partial charge is 0.383 e. The number of methoxy groups -OCH3 is 1. The van der Waals surface area contributed by atoms with E-state index in [0.717, 1.165) is 6.07 Å². The fourth-order valence-corrected chi connectivity index (χ4v) is 1.49. The average molecular weight is 278 g/mol. The second kappa shape index (κ2) is 6.55. The van der Waals surface area contributed by atoms with Gasteiger partial charge in [-0.25, -0.2) is 4.98 Å². The summed E-state index contributed by atoms with van der Waals surface area (Å²) in [4.78, 5) is 9.15. The molecule has 1 rings (SSSR count). The minimum Gasteiger partial charge on any atom is -0.383 e. The molecule has 0 spiro atoms. The van der Waals surface area contributed by atoms with Crippen molar-refractivity contribution in [3.63, 3.8) is 0 Å². The first kappa shape index (κ1) is 15.5. The molecule has 0 radical (unpaired) electrons. The van der Waals surface area contributed by atoms with Crippen molar-refractivity contribution in [1.82, 2.24) is 9.97 Å². The van der Waals surface area contributed by atoms with Crippen molar-refractivity contribution in [2.45, 2.75) is 13.1 Å². The summed E-state index contributed by atoms with van der Waals surface area (Å²) in [7, 11) is 3.01. The fourth-order valence-electron chi connectivity index (χ4n) is 1.49.